The predicted molar refractivity (Wildman–Crippen MR) is 237 cm³/mol. The number of nitrogens with two attached hydrogens (primary N) is 3. The summed E-state index contributed by atoms with van der Waals surface area (Å²) in [5.74, 6) is -2.14. The summed E-state index contributed by atoms with van der Waals surface area (Å²) in [6.45, 7) is 5.16. The van der Waals surface area contributed by atoms with E-state index in [0.29, 0.717) is 45.7 Å². The lowest BCUT2D eigenvalue weighted by molar-refractivity contribution is -0.142. The van der Waals surface area contributed by atoms with Gasteiger partial charge in [-0.3, -0.25) is 24.0 Å². The minimum Gasteiger partial charge on any atom is -0.492 e. The standard InChI is InChI=1S/C48H63N7O7/c1-4-5-6-7-9-32-11-14-35(15-12-32)47(59)55-30-34(29-52)27-40(55)48(60)54(3)45-36-16-18-44(62-23-21-51)38(28-36)37-25-33(13-17-43(37)61-22-20-50)26-39(41(56)10-8-19-49)53-46(58)31(2)24-42(45)57/h11-18,25,28,31,34,39-40,45H,4-10,20-24,26-27,29-30,50-52H2,1-3H3,(H,53,58)/t31-,34-,39+,40+,45+/m1/s1. The molecule has 332 valence electrons. The van der Waals surface area contributed by atoms with Gasteiger partial charge in [-0.1, -0.05) is 57.4 Å². The molecule has 5 rings (SSSR count). The van der Waals surface area contributed by atoms with E-state index in [1.807, 2.05) is 36.4 Å². The number of carbonyl (C=O) groups excluding carboxylic acids is 5. The van der Waals surface area contributed by atoms with E-state index in [9.17, 15) is 29.2 Å². The molecule has 5 atom stereocenters. The summed E-state index contributed by atoms with van der Waals surface area (Å²) in [5.41, 5.74) is 21.7. The minimum absolute atomic E-state index is 0.0193. The number of ketones is 2. The number of nitrogens with one attached hydrogen (secondary N) is 1. The van der Waals surface area contributed by atoms with Crippen molar-refractivity contribution in [3.63, 3.8) is 0 Å². The van der Waals surface area contributed by atoms with Crippen LogP contribution in [-0.2, 0) is 32.0 Å². The van der Waals surface area contributed by atoms with Crippen LogP contribution >= 0.6 is 0 Å². The number of nitrogens with zero attached hydrogens (tertiary/aromatic N) is 3. The van der Waals surface area contributed by atoms with E-state index in [0.717, 1.165) is 31.2 Å². The van der Waals surface area contributed by atoms with Crippen molar-refractivity contribution in [1.29, 1.82) is 5.26 Å². The summed E-state index contributed by atoms with van der Waals surface area (Å²) < 4.78 is 12.3. The van der Waals surface area contributed by atoms with Gasteiger partial charge in [-0.15, -0.1) is 0 Å². The molecule has 2 aliphatic rings. The van der Waals surface area contributed by atoms with E-state index < -0.39 is 41.6 Å². The van der Waals surface area contributed by atoms with Gasteiger partial charge in [0.15, 0.2) is 11.6 Å². The van der Waals surface area contributed by atoms with Crippen LogP contribution in [0.4, 0.5) is 0 Å². The van der Waals surface area contributed by atoms with Gasteiger partial charge in [0.05, 0.1) is 12.1 Å². The number of nitriles is 1. The molecule has 7 N–H and O–H groups in total. The first kappa shape index (κ1) is 47.4. The number of likely N-dealkylation sites (N-methyl/N-ethyl adjacent to an activating group) is 1. The fourth-order valence-electron chi connectivity index (χ4n) is 8.36. The van der Waals surface area contributed by atoms with Crippen molar-refractivity contribution in [3.8, 4) is 28.7 Å². The molecule has 3 aromatic rings. The maximum absolute atomic E-state index is 14.9. The number of amides is 3. The van der Waals surface area contributed by atoms with Crippen LogP contribution in [0.1, 0.15) is 98.3 Å². The average molecular weight is 850 g/mol. The van der Waals surface area contributed by atoms with Crippen LogP contribution < -0.4 is 32.0 Å². The molecule has 2 aliphatic heterocycles. The van der Waals surface area contributed by atoms with Crippen molar-refractivity contribution in [2.24, 2.45) is 29.0 Å². The van der Waals surface area contributed by atoms with Gasteiger partial charge < -0.3 is 41.8 Å². The van der Waals surface area contributed by atoms with Crippen LogP contribution in [0.25, 0.3) is 11.1 Å². The molecule has 2 heterocycles. The normalized spacial score (nSPS) is 20.1. The van der Waals surface area contributed by atoms with Crippen LogP contribution in [0.2, 0.25) is 0 Å². The minimum atomic E-state index is -1.20. The van der Waals surface area contributed by atoms with Gasteiger partial charge in [-0.2, -0.15) is 5.26 Å². The maximum atomic E-state index is 14.9. The summed E-state index contributed by atoms with van der Waals surface area (Å²) >= 11 is 0. The Morgan fingerprint density at radius 2 is 1.58 bits per heavy atom. The molecule has 14 heteroatoms. The highest BCUT2D eigenvalue weighted by atomic mass is 16.5. The number of hydrogen-bond acceptors (Lipinski definition) is 11. The third-order valence-electron chi connectivity index (χ3n) is 11.8. The van der Waals surface area contributed by atoms with Crippen molar-refractivity contribution < 1.29 is 33.4 Å². The Kier molecular flexibility index (Phi) is 17.6. The van der Waals surface area contributed by atoms with Gasteiger partial charge in [0.2, 0.25) is 11.8 Å². The monoisotopic (exact) mass is 849 g/mol. The van der Waals surface area contributed by atoms with Gasteiger partial charge in [0.25, 0.3) is 5.91 Å². The van der Waals surface area contributed by atoms with Gasteiger partial charge in [-0.05, 0) is 91.2 Å². The van der Waals surface area contributed by atoms with Crippen LogP contribution in [-0.4, -0.2) is 97.6 Å². The van der Waals surface area contributed by atoms with Gasteiger partial charge in [0, 0.05) is 68.6 Å². The number of ether oxygens (including phenoxy) is 2. The Hall–Kier alpha value is -5.62. The van der Waals surface area contributed by atoms with Crippen LogP contribution in [0.15, 0.2) is 60.7 Å². The van der Waals surface area contributed by atoms with Crippen molar-refractivity contribution in [1.82, 2.24) is 15.1 Å². The van der Waals surface area contributed by atoms with Gasteiger partial charge >= 0.3 is 0 Å². The van der Waals surface area contributed by atoms with E-state index in [4.69, 9.17) is 26.7 Å². The Bertz CT molecular complexity index is 2080. The molecule has 0 unspecified atom stereocenters. The van der Waals surface area contributed by atoms with Crippen LogP contribution in [0, 0.1) is 23.2 Å². The molecule has 1 fully saturated rings. The lowest BCUT2D eigenvalue weighted by Gasteiger charge is -2.34. The first-order valence-corrected chi connectivity index (χ1v) is 22.0. The number of rotatable bonds is 18. The van der Waals surface area contributed by atoms with E-state index in [-0.39, 0.29) is 82.7 Å². The lowest BCUT2D eigenvalue weighted by atomic mass is 9.89. The van der Waals surface area contributed by atoms with E-state index in [2.05, 4.69) is 12.2 Å². The highest BCUT2D eigenvalue weighted by Gasteiger charge is 2.43. The summed E-state index contributed by atoms with van der Waals surface area (Å²) in [7, 11) is 1.54. The zero-order valence-electron chi connectivity index (χ0n) is 36.4. The van der Waals surface area contributed by atoms with Crippen LogP contribution in [0.3, 0.4) is 0 Å². The molecule has 62 heavy (non-hydrogen) atoms. The van der Waals surface area contributed by atoms with Crippen molar-refractivity contribution in [3.05, 3.63) is 82.9 Å². The molecular formula is C48H63N7O7. The van der Waals surface area contributed by atoms with Crippen molar-refractivity contribution >= 4 is 29.3 Å². The molecule has 0 saturated carbocycles. The molecule has 1 saturated heterocycles. The molecule has 4 bridgehead atoms. The predicted octanol–water partition coefficient (Wildman–Crippen LogP) is 4.65. The Morgan fingerprint density at radius 1 is 0.903 bits per heavy atom. The first-order chi connectivity index (χ1) is 29.9. The van der Waals surface area contributed by atoms with Crippen LogP contribution in [0.5, 0.6) is 11.5 Å². The Labute approximate surface area is 365 Å². The topological polar surface area (TPSA) is 224 Å². The van der Waals surface area contributed by atoms with Gasteiger partial charge in [-0.25, -0.2) is 0 Å². The quantitative estimate of drug-likeness (QED) is 0.129. The number of carbonyl (C=O) groups is 5. The zero-order valence-corrected chi connectivity index (χ0v) is 36.4. The Morgan fingerprint density at radius 3 is 2.23 bits per heavy atom. The van der Waals surface area contributed by atoms with Gasteiger partial charge in [0.1, 0.15) is 36.8 Å². The summed E-state index contributed by atoms with van der Waals surface area (Å²) in [6, 6.07) is 17.1. The van der Waals surface area contributed by atoms with E-state index in [1.54, 1.807) is 49.2 Å². The van der Waals surface area contributed by atoms with Crippen molar-refractivity contribution in [2.45, 2.75) is 96.2 Å². The SMILES string of the molecule is CCCCCCc1ccc(C(=O)N2C[C@@H](CN)C[C@H]2C(=O)N(C)[C@@H]2C(=O)C[C@@H](C)C(=O)N[C@H](C(=O)CCC#N)Cc3ccc(OCCN)c(c3)-c3cc2ccc3OCCN)cc1. The molecule has 0 aliphatic carbocycles. The summed E-state index contributed by atoms with van der Waals surface area (Å²) in [5, 5.41) is 12.1. The number of Topliss-reactive ketones (excluding diaryl/α,β-unsaturated/α-hetero) is 2. The summed E-state index contributed by atoms with van der Waals surface area (Å²) in [6.07, 6.45) is 5.55. The molecule has 3 aromatic carbocycles. The highest BCUT2D eigenvalue weighted by Crippen LogP contribution is 2.41. The number of unbranched alkanes of at least 4 members (excludes halogenated alkanes) is 3. The molecule has 0 radical (unpaired) electrons. The number of fused-ring (bicyclic) bond motifs is 5. The smallest absolute Gasteiger partial charge is 0.254 e. The molecule has 14 nitrogen and oxygen atoms in total. The second-order valence-corrected chi connectivity index (χ2v) is 16.5. The summed E-state index contributed by atoms with van der Waals surface area (Å²) in [4.78, 5) is 74.1. The number of benzene rings is 3. The number of aryl methyl sites for hydroxylation is 1. The van der Waals surface area contributed by atoms with Crippen molar-refractivity contribution in [2.75, 3.05) is 46.4 Å². The Balaban J connectivity index is 1.58. The largest absolute Gasteiger partial charge is 0.492 e. The maximum Gasteiger partial charge on any atom is 0.254 e. The average Bonchev–Trinajstić information content (AvgIpc) is 3.72. The molecule has 0 aromatic heterocycles. The number of likely N-dealkylation sites (tertiary alicyclic amines) is 1. The third-order valence-corrected chi connectivity index (χ3v) is 11.8. The molecular weight excluding hydrogens is 787 g/mol. The van der Waals surface area contributed by atoms with E-state index in [1.165, 1.54) is 11.3 Å². The molecule has 3 amide bonds. The third kappa shape index (κ3) is 11.8. The second-order valence-electron chi connectivity index (χ2n) is 16.5. The zero-order chi connectivity index (χ0) is 44.8. The second kappa shape index (κ2) is 23.0. The fourth-order valence-corrected chi connectivity index (χ4v) is 8.36. The lowest BCUT2D eigenvalue weighted by Crippen LogP contribution is -2.49. The molecule has 0 spiro atoms. The number of hydrogen-bond donors (Lipinski definition) is 4. The van der Waals surface area contributed by atoms with E-state index >= 15 is 0 Å². The fraction of sp³-hybridized carbons (Fsp3) is 0.500. The highest BCUT2D eigenvalue weighted by molar-refractivity contribution is 6.00. The first-order valence-electron chi connectivity index (χ1n) is 22.0.